The van der Waals surface area contributed by atoms with Crippen molar-refractivity contribution in [3.05, 3.63) is 11.9 Å². The number of aromatic carboxylic acids is 1. The van der Waals surface area contributed by atoms with Gasteiger partial charge < -0.3 is 10.2 Å². The number of Topliss-reactive ketones (excluding diaryl/α,β-unsaturated/α-hetero) is 1. The molecule has 4 rings (SSSR count). The van der Waals surface area contributed by atoms with Crippen LogP contribution in [0.2, 0.25) is 0 Å². The molecule has 0 bridgehead atoms. The van der Waals surface area contributed by atoms with Gasteiger partial charge in [-0.25, -0.2) is 4.79 Å². The van der Waals surface area contributed by atoms with Crippen LogP contribution in [-0.2, 0) is 11.3 Å². The van der Waals surface area contributed by atoms with Gasteiger partial charge in [0.25, 0.3) is 0 Å². The predicted molar refractivity (Wildman–Crippen MR) is 125 cm³/mol. The van der Waals surface area contributed by atoms with Gasteiger partial charge >= 0.3 is 5.97 Å². The van der Waals surface area contributed by atoms with Crippen molar-refractivity contribution >= 4 is 11.8 Å². The number of hydrogen-bond donors (Lipinski definition) is 2. The first-order chi connectivity index (χ1) is 15.4. The highest BCUT2D eigenvalue weighted by molar-refractivity contribution is 5.85. The molecule has 7 heteroatoms. The number of fused-ring (bicyclic) bond motifs is 1. The molecule has 0 aromatic carbocycles. The van der Waals surface area contributed by atoms with Crippen molar-refractivity contribution in [2.75, 3.05) is 0 Å². The molecule has 0 amide bonds. The Labute approximate surface area is 197 Å². The number of rotatable bonds is 7. The van der Waals surface area contributed by atoms with Crippen LogP contribution in [0, 0.1) is 34.5 Å². The normalized spacial score (nSPS) is 38.1. The fraction of sp³-hybridized carbons (Fsp3) is 0.846. The maximum absolute atomic E-state index is 13.2. The number of hydrogen-bond acceptors (Lipinski definition) is 5. The molecule has 2 N–H and O–H groups in total. The number of ketones is 1. The molecule has 0 saturated heterocycles. The second-order valence-electron chi connectivity index (χ2n) is 12.4. The molecular weight excluding hydrogens is 418 g/mol. The molecule has 3 fully saturated rings. The molecule has 1 aromatic heterocycles. The number of carbonyl (C=O) groups is 2. The van der Waals surface area contributed by atoms with E-state index in [1.807, 2.05) is 6.92 Å². The van der Waals surface area contributed by atoms with Gasteiger partial charge in [-0.3, -0.25) is 4.79 Å². The number of carboxylic acids is 1. The van der Waals surface area contributed by atoms with Crippen LogP contribution in [-0.4, -0.2) is 42.6 Å². The molecule has 0 radical (unpaired) electrons. The van der Waals surface area contributed by atoms with Gasteiger partial charge in [-0.2, -0.15) is 9.90 Å². The summed E-state index contributed by atoms with van der Waals surface area (Å²) in [6.45, 7) is 9.08. The summed E-state index contributed by atoms with van der Waals surface area (Å²) < 4.78 is 0. The van der Waals surface area contributed by atoms with Crippen LogP contribution in [0.15, 0.2) is 6.20 Å². The molecule has 3 aliphatic rings. The highest BCUT2D eigenvalue weighted by Gasteiger charge is 2.53. The lowest BCUT2D eigenvalue weighted by Crippen LogP contribution is -2.42. The minimum absolute atomic E-state index is 0.00330. The second kappa shape index (κ2) is 8.79. The van der Waals surface area contributed by atoms with E-state index in [4.69, 9.17) is 5.11 Å². The Bertz CT molecular complexity index is 892. The monoisotopic (exact) mass is 459 g/mol. The van der Waals surface area contributed by atoms with Gasteiger partial charge in [0.2, 0.25) is 0 Å². The second-order valence-corrected chi connectivity index (χ2v) is 12.4. The molecule has 0 unspecified atom stereocenters. The van der Waals surface area contributed by atoms with Crippen LogP contribution in [0.1, 0.15) is 102 Å². The molecule has 1 heterocycles. The Morgan fingerprint density at radius 3 is 2.55 bits per heavy atom. The van der Waals surface area contributed by atoms with Crippen LogP contribution in [0.25, 0.3) is 0 Å². The smallest absolute Gasteiger partial charge is 0.358 e. The van der Waals surface area contributed by atoms with E-state index in [9.17, 15) is 14.7 Å². The number of aromatic nitrogens is 3. The third-order valence-electron chi connectivity index (χ3n) is 9.70. The lowest BCUT2D eigenvalue weighted by Gasteiger charge is -2.48. The summed E-state index contributed by atoms with van der Waals surface area (Å²) in [5.41, 5.74) is -0.371. The van der Waals surface area contributed by atoms with Gasteiger partial charge in [0, 0.05) is 5.92 Å². The number of carbonyl (C=O) groups excluding carboxylic acids is 1. The molecule has 3 saturated carbocycles. The zero-order chi connectivity index (χ0) is 24.0. The first-order valence-corrected chi connectivity index (χ1v) is 12.8. The first-order valence-electron chi connectivity index (χ1n) is 12.8. The van der Waals surface area contributed by atoms with Gasteiger partial charge in [0.15, 0.2) is 11.5 Å². The van der Waals surface area contributed by atoms with E-state index in [0.29, 0.717) is 17.8 Å². The summed E-state index contributed by atoms with van der Waals surface area (Å²) >= 11 is 0. The van der Waals surface area contributed by atoms with Gasteiger partial charge in [0.05, 0.1) is 11.8 Å². The Hall–Kier alpha value is -1.76. The third-order valence-corrected chi connectivity index (χ3v) is 9.70. The zero-order valence-electron chi connectivity index (χ0n) is 20.7. The van der Waals surface area contributed by atoms with E-state index in [2.05, 4.69) is 31.0 Å². The van der Waals surface area contributed by atoms with Crippen LogP contribution in [0.3, 0.4) is 0 Å². The molecule has 7 nitrogen and oxygen atoms in total. The molecule has 184 valence electrons. The quantitative estimate of drug-likeness (QED) is 0.610. The summed E-state index contributed by atoms with van der Waals surface area (Å²) in [4.78, 5) is 25.6. The Kier molecular flexibility index (Phi) is 6.49. The standard InChI is InChI=1S/C26H41N3O4/c1-24(2)12-13-25(3,33)14-18(24)8-7-17-6-5-11-26(4)19(17)9-10-20(26)22(30)16-29-27-15-21(28-29)23(31)32/h15,17-20,33H,5-14,16H2,1-4H3,(H,31,32)/t17-,18+,19-,20+,25+,26-/m0/s1. The number of carboxylic acid groups (broad SMARTS) is 1. The molecule has 33 heavy (non-hydrogen) atoms. The highest BCUT2D eigenvalue weighted by Crippen LogP contribution is 2.59. The van der Waals surface area contributed by atoms with Crippen molar-refractivity contribution in [3.63, 3.8) is 0 Å². The topological polar surface area (TPSA) is 105 Å². The SMILES string of the molecule is CC1(C)CC[C@@](C)(O)C[C@H]1CC[C@@H]1CCC[C@]2(C)[C@@H](C(=O)Cn3ncc(C(=O)O)n3)CC[C@@H]12. The van der Waals surface area contributed by atoms with E-state index in [0.717, 1.165) is 51.4 Å². The lowest BCUT2D eigenvalue weighted by atomic mass is 9.58. The summed E-state index contributed by atoms with van der Waals surface area (Å²) in [5, 5.41) is 27.6. The average molecular weight is 460 g/mol. The van der Waals surface area contributed by atoms with Crippen molar-refractivity contribution < 1.29 is 19.8 Å². The van der Waals surface area contributed by atoms with Crippen LogP contribution in [0.4, 0.5) is 0 Å². The molecule has 0 spiro atoms. The largest absolute Gasteiger partial charge is 0.476 e. The maximum atomic E-state index is 13.2. The zero-order valence-corrected chi connectivity index (χ0v) is 20.7. The molecule has 6 atom stereocenters. The molecule has 1 aromatic rings. The summed E-state index contributed by atoms with van der Waals surface area (Å²) in [6.07, 6.45) is 11.9. The van der Waals surface area contributed by atoms with Crippen molar-refractivity contribution in [1.82, 2.24) is 15.0 Å². The van der Waals surface area contributed by atoms with Crippen LogP contribution < -0.4 is 0 Å². The Morgan fingerprint density at radius 1 is 1.09 bits per heavy atom. The first kappa shape index (κ1) is 24.4. The maximum Gasteiger partial charge on any atom is 0.358 e. The van der Waals surface area contributed by atoms with E-state index < -0.39 is 11.6 Å². The highest BCUT2D eigenvalue weighted by atomic mass is 16.4. The predicted octanol–water partition coefficient (Wildman–Crippen LogP) is 4.74. The summed E-state index contributed by atoms with van der Waals surface area (Å²) in [7, 11) is 0. The molecule has 0 aliphatic heterocycles. The summed E-state index contributed by atoms with van der Waals surface area (Å²) in [6, 6.07) is 0. The average Bonchev–Trinajstić information content (AvgIpc) is 3.33. The van der Waals surface area contributed by atoms with Crippen molar-refractivity contribution in [3.8, 4) is 0 Å². The Morgan fingerprint density at radius 2 is 1.85 bits per heavy atom. The van der Waals surface area contributed by atoms with Gasteiger partial charge in [-0.1, -0.05) is 33.6 Å². The Balaban J connectivity index is 1.40. The van der Waals surface area contributed by atoms with Crippen LogP contribution in [0.5, 0.6) is 0 Å². The van der Waals surface area contributed by atoms with E-state index in [1.165, 1.54) is 23.8 Å². The summed E-state index contributed by atoms with van der Waals surface area (Å²) in [5.74, 6) is 0.759. The van der Waals surface area contributed by atoms with E-state index in [1.54, 1.807) is 0 Å². The van der Waals surface area contributed by atoms with E-state index in [-0.39, 0.29) is 34.8 Å². The van der Waals surface area contributed by atoms with Gasteiger partial charge in [-0.05, 0) is 86.9 Å². The molecule has 3 aliphatic carbocycles. The van der Waals surface area contributed by atoms with E-state index >= 15 is 0 Å². The van der Waals surface area contributed by atoms with Crippen molar-refractivity contribution in [2.45, 2.75) is 104 Å². The van der Waals surface area contributed by atoms with Crippen LogP contribution >= 0.6 is 0 Å². The lowest BCUT2D eigenvalue weighted by molar-refractivity contribution is -0.128. The number of aliphatic hydroxyl groups is 1. The van der Waals surface area contributed by atoms with Crippen molar-refractivity contribution in [2.24, 2.45) is 34.5 Å². The minimum Gasteiger partial charge on any atom is -0.476 e. The molecular formula is C26H41N3O4. The van der Waals surface area contributed by atoms with Gasteiger partial charge in [0.1, 0.15) is 6.54 Å². The fourth-order valence-electron chi connectivity index (χ4n) is 7.55. The third kappa shape index (κ3) is 4.89. The fourth-order valence-corrected chi connectivity index (χ4v) is 7.55. The minimum atomic E-state index is -1.13. The van der Waals surface area contributed by atoms with Crippen molar-refractivity contribution in [1.29, 1.82) is 0 Å². The number of nitrogens with zero attached hydrogens (tertiary/aromatic N) is 3. The van der Waals surface area contributed by atoms with Gasteiger partial charge in [-0.15, -0.1) is 5.10 Å².